The van der Waals surface area contributed by atoms with Crippen molar-refractivity contribution in [3.8, 4) is 5.75 Å². The van der Waals surface area contributed by atoms with Crippen molar-refractivity contribution >= 4 is 28.6 Å². The molecule has 0 aliphatic carbocycles. The van der Waals surface area contributed by atoms with Crippen molar-refractivity contribution in [2.75, 3.05) is 5.32 Å². The first kappa shape index (κ1) is 16.3. The summed E-state index contributed by atoms with van der Waals surface area (Å²) in [6.07, 6.45) is 3.60. The second-order valence-corrected chi connectivity index (χ2v) is 6.53. The summed E-state index contributed by atoms with van der Waals surface area (Å²) >= 11 is 1.52. The highest BCUT2D eigenvalue weighted by Gasteiger charge is 2.13. The van der Waals surface area contributed by atoms with Gasteiger partial charge in [0.2, 0.25) is 0 Å². The van der Waals surface area contributed by atoms with Crippen LogP contribution in [0.3, 0.4) is 0 Å². The number of hydrogen-bond acceptors (Lipinski definition) is 5. The SMILES string of the molecule is Cc1ccn2cc(C(=O)Nc3ccccc3OCc3cscn3)nc2c1. The average molecular weight is 364 g/mol. The third-order valence-corrected chi connectivity index (χ3v) is 4.48. The molecule has 0 bridgehead atoms. The Morgan fingerprint density at radius 2 is 2.19 bits per heavy atom. The van der Waals surface area contributed by atoms with Crippen molar-refractivity contribution in [3.63, 3.8) is 0 Å². The zero-order chi connectivity index (χ0) is 17.9. The Morgan fingerprint density at radius 1 is 1.31 bits per heavy atom. The smallest absolute Gasteiger partial charge is 0.275 e. The van der Waals surface area contributed by atoms with Crippen LogP contribution in [0.4, 0.5) is 5.69 Å². The van der Waals surface area contributed by atoms with Crippen LogP contribution >= 0.6 is 11.3 Å². The predicted octanol–water partition coefficient (Wildman–Crippen LogP) is 3.93. The number of aryl methyl sites for hydroxylation is 1. The molecule has 0 unspecified atom stereocenters. The van der Waals surface area contributed by atoms with E-state index < -0.39 is 0 Å². The number of rotatable bonds is 5. The highest BCUT2D eigenvalue weighted by molar-refractivity contribution is 7.07. The van der Waals surface area contributed by atoms with Gasteiger partial charge in [-0.2, -0.15) is 0 Å². The molecular formula is C19H16N4O2S. The molecule has 4 aromatic rings. The Balaban J connectivity index is 1.53. The third-order valence-electron chi connectivity index (χ3n) is 3.84. The predicted molar refractivity (Wildman–Crippen MR) is 101 cm³/mol. The van der Waals surface area contributed by atoms with Crippen molar-refractivity contribution in [3.05, 3.63) is 76.6 Å². The van der Waals surface area contributed by atoms with Gasteiger partial charge in [-0.3, -0.25) is 4.79 Å². The lowest BCUT2D eigenvalue weighted by molar-refractivity contribution is 0.102. The summed E-state index contributed by atoms with van der Waals surface area (Å²) < 4.78 is 7.62. The quantitative estimate of drug-likeness (QED) is 0.583. The molecule has 6 nitrogen and oxygen atoms in total. The van der Waals surface area contributed by atoms with E-state index in [2.05, 4.69) is 15.3 Å². The standard InChI is InChI=1S/C19H16N4O2S/c1-13-6-7-23-9-16(21-18(23)8-13)19(24)22-15-4-2-3-5-17(15)25-10-14-11-26-12-20-14/h2-9,11-12H,10H2,1H3,(H,22,24). The van der Waals surface area contributed by atoms with E-state index in [1.165, 1.54) is 11.3 Å². The zero-order valence-corrected chi connectivity index (χ0v) is 14.9. The molecule has 0 atom stereocenters. The van der Waals surface area contributed by atoms with Crippen LogP contribution in [-0.4, -0.2) is 20.3 Å². The van der Waals surface area contributed by atoms with Crippen LogP contribution < -0.4 is 10.1 Å². The normalized spacial score (nSPS) is 10.8. The Bertz CT molecular complexity index is 1060. The molecule has 3 aromatic heterocycles. The number of thiazole rings is 1. The summed E-state index contributed by atoms with van der Waals surface area (Å²) in [6.45, 7) is 2.34. The monoisotopic (exact) mass is 364 g/mol. The van der Waals surface area contributed by atoms with Gasteiger partial charge in [-0.05, 0) is 36.8 Å². The summed E-state index contributed by atoms with van der Waals surface area (Å²) in [4.78, 5) is 21.2. The Morgan fingerprint density at radius 3 is 3.04 bits per heavy atom. The molecular weight excluding hydrogens is 348 g/mol. The summed E-state index contributed by atoms with van der Waals surface area (Å²) in [6, 6.07) is 11.2. The molecule has 0 aliphatic heterocycles. The van der Waals surface area contributed by atoms with Gasteiger partial charge in [0.15, 0.2) is 0 Å². The van der Waals surface area contributed by atoms with Gasteiger partial charge in [0.1, 0.15) is 23.7 Å². The van der Waals surface area contributed by atoms with Crippen LogP contribution in [0.1, 0.15) is 21.7 Å². The number of anilines is 1. The molecule has 4 rings (SSSR count). The molecule has 1 N–H and O–H groups in total. The van der Waals surface area contributed by atoms with Gasteiger partial charge in [-0.15, -0.1) is 11.3 Å². The lowest BCUT2D eigenvalue weighted by atomic mass is 10.3. The van der Waals surface area contributed by atoms with Gasteiger partial charge < -0.3 is 14.5 Å². The molecule has 7 heteroatoms. The number of aromatic nitrogens is 3. The molecule has 0 radical (unpaired) electrons. The first-order valence-electron chi connectivity index (χ1n) is 8.04. The van der Waals surface area contributed by atoms with Crippen molar-refractivity contribution in [2.45, 2.75) is 13.5 Å². The number of carbonyl (C=O) groups excluding carboxylic acids is 1. The minimum Gasteiger partial charge on any atom is -0.485 e. The van der Waals surface area contributed by atoms with Gasteiger partial charge in [-0.25, -0.2) is 9.97 Å². The second-order valence-electron chi connectivity index (χ2n) is 5.81. The van der Waals surface area contributed by atoms with Crippen molar-refractivity contribution < 1.29 is 9.53 Å². The van der Waals surface area contributed by atoms with E-state index in [0.29, 0.717) is 23.7 Å². The minimum absolute atomic E-state index is 0.281. The minimum atomic E-state index is -0.281. The number of ether oxygens (including phenoxy) is 1. The molecule has 0 fully saturated rings. The topological polar surface area (TPSA) is 68.5 Å². The summed E-state index contributed by atoms with van der Waals surface area (Å²) in [5.74, 6) is 0.310. The number of para-hydroxylation sites is 2. The number of benzene rings is 1. The molecule has 130 valence electrons. The Kier molecular flexibility index (Phi) is 4.37. The number of fused-ring (bicyclic) bond motifs is 1. The maximum absolute atomic E-state index is 12.6. The van der Waals surface area contributed by atoms with Gasteiger partial charge >= 0.3 is 0 Å². The number of nitrogens with one attached hydrogen (secondary N) is 1. The first-order chi connectivity index (χ1) is 12.7. The maximum atomic E-state index is 12.6. The van der Waals surface area contributed by atoms with Crippen LogP contribution in [0, 0.1) is 6.92 Å². The van der Waals surface area contributed by atoms with Crippen LogP contribution in [0.15, 0.2) is 59.7 Å². The Labute approximate surface area is 154 Å². The van der Waals surface area contributed by atoms with Gasteiger partial charge in [0, 0.05) is 17.8 Å². The Hall–Kier alpha value is -3.19. The molecule has 0 aliphatic rings. The fourth-order valence-corrected chi connectivity index (χ4v) is 3.08. The van der Waals surface area contributed by atoms with Crippen LogP contribution in [0.25, 0.3) is 5.65 Å². The number of imidazole rings is 1. The summed E-state index contributed by atoms with van der Waals surface area (Å²) in [5.41, 5.74) is 5.40. The van der Waals surface area contributed by atoms with Gasteiger partial charge in [0.05, 0.1) is 16.9 Å². The average Bonchev–Trinajstić information content (AvgIpc) is 3.30. The van der Waals surface area contributed by atoms with E-state index in [0.717, 1.165) is 16.9 Å². The van der Waals surface area contributed by atoms with Crippen molar-refractivity contribution in [1.29, 1.82) is 0 Å². The highest BCUT2D eigenvalue weighted by atomic mass is 32.1. The lowest BCUT2D eigenvalue weighted by Gasteiger charge is -2.11. The molecule has 1 aromatic carbocycles. The first-order valence-corrected chi connectivity index (χ1v) is 8.99. The van der Waals surface area contributed by atoms with Crippen LogP contribution in [0.2, 0.25) is 0 Å². The molecule has 0 saturated heterocycles. The van der Waals surface area contributed by atoms with Crippen LogP contribution in [-0.2, 0) is 6.61 Å². The second kappa shape index (κ2) is 6.97. The zero-order valence-electron chi connectivity index (χ0n) is 14.0. The van der Waals surface area contributed by atoms with Crippen molar-refractivity contribution in [2.24, 2.45) is 0 Å². The number of amides is 1. The van der Waals surface area contributed by atoms with Crippen molar-refractivity contribution in [1.82, 2.24) is 14.4 Å². The van der Waals surface area contributed by atoms with E-state index in [1.54, 1.807) is 17.8 Å². The van der Waals surface area contributed by atoms with E-state index in [-0.39, 0.29) is 5.91 Å². The van der Waals surface area contributed by atoms with E-state index in [1.807, 2.05) is 53.2 Å². The molecule has 3 heterocycles. The maximum Gasteiger partial charge on any atom is 0.275 e. The van der Waals surface area contributed by atoms with E-state index in [4.69, 9.17) is 4.74 Å². The van der Waals surface area contributed by atoms with Crippen LogP contribution in [0.5, 0.6) is 5.75 Å². The molecule has 0 spiro atoms. The number of pyridine rings is 1. The largest absolute Gasteiger partial charge is 0.485 e. The van der Waals surface area contributed by atoms with E-state index >= 15 is 0 Å². The van der Waals surface area contributed by atoms with Gasteiger partial charge in [0.25, 0.3) is 5.91 Å². The molecule has 0 saturated carbocycles. The van der Waals surface area contributed by atoms with E-state index in [9.17, 15) is 4.79 Å². The fraction of sp³-hybridized carbons (Fsp3) is 0.105. The summed E-state index contributed by atoms with van der Waals surface area (Å²) in [5, 5.41) is 4.81. The number of carbonyl (C=O) groups is 1. The molecule has 26 heavy (non-hydrogen) atoms. The fourth-order valence-electron chi connectivity index (χ4n) is 2.54. The highest BCUT2D eigenvalue weighted by Crippen LogP contribution is 2.25. The van der Waals surface area contributed by atoms with Gasteiger partial charge in [-0.1, -0.05) is 12.1 Å². The number of hydrogen-bond donors (Lipinski definition) is 1. The summed E-state index contributed by atoms with van der Waals surface area (Å²) in [7, 11) is 0. The lowest BCUT2D eigenvalue weighted by Crippen LogP contribution is -2.13. The number of nitrogens with zero attached hydrogens (tertiary/aromatic N) is 3. The molecule has 1 amide bonds. The third kappa shape index (κ3) is 3.43.